The molecule has 4 heteroatoms. The Morgan fingerprint density at radius 1 is 1.47 bits per heavy atom. The summed E-state index contributed by atoms with van der Waals surface area (Å²) in [5, 5.41) is 6.99. The molecular formula is C13H18ClFN2. The number of benzene rings is 1. The smallest absolute Gasteiger partial charge is 0.141 e. The lowest BCUT2D eigenvalue weighted by atomic mass is 10.1. The minimum absolute atomic E-state index is 0.211. The highest BCUT2D eigenvalue weighted by atomic mass is 35.5. The highest BCUT2D eigenvalue weighted by Gasteiger charge is 2.13. The van der Waals surface area contributed by atoms with E-state index >= 15 is 0 Å². The summed E-state index contributed by atoms with van der Waals surface area (Å²) in [6.07, 6.45) is 2.15. The summed E-state index contributed by atoms with van der Waals surface area (Å²) >= 11 is 5.73. The average Bonchev–Trinajstić information content (AvgIpc) is 2.82. The van der Waals surface area contributed by atoms with Crippen molar-refractivity contribution in [3.05, 3.63) is 34.6 Å². The SMILES string of the molecule is Fc1ccc(CCNCC2CCNC2)cc1Cl. The van der Waals surface area contributed by atoms with Crippen LogP contribution in [0, 0.1) is 11.7 Å². The fourth-order valence-corrected chi connectivity index (χ4v) is 2.33. The van der Waals surface area contributed by atoms with E-state index in [0.29, 0.717) is 0 Å². The number of nitrogens with one attached hydrogen (secondary N) is 2. The third kappa shape index (κ3) is 3.95. The van der Waals surface area contributed by atoms with Gasteiger partial charge in [0.2, 0.25) is 0 Å². The van der Waals surface area contributed by atoms with Gasteiger partial charge in [0, 0.05) is 0 Å². The molecule has 0 radical (unpaired) electrons. The fourth-order valence-electron chi connectivity index (χ4n) is 2.12. The summed E-state index contributed by atoms with van der Waals surface area (Å²) in [5.74, 6) is 0.409. The standard InChI is InChI=1S/C13H18ClFN2/c14-12-7-10(1-2-13(12)15)3-5-16-8-11-4-6-17-9-11/h1-2,7,11,16-17H,3-6,8-9H2. The second-order valence-electron chi connectivity index (χ2n) is 4.56. The number of hydrogen-bond donors (Lipinski definition) is 2. The van der Waals surface area contributed by atoms with Gasteiger partial charge in [-0.05, 0) is 62.6 Å². The molecule has 1 aromatic rings. The average molecular weight is 257 g/mol. The van der Waals surface area contributed by atoms with Gasteiger partial charge in [0.25, 0.3) is 0 Å². The minimum Gasteiger partial charge on any atom is -0.316 e. The van der Waals surface area contributed by atoms with Gasteiger partial charge in [-0.2, -0.15) is 0 Å². The molecule has 0 bridgehead atoms. The molecule has 1 aliphatic rings. The molecule has 1 aromatic carbocycles. The van der Waals surface area contributed by atoms with Crippen LogP contribution in [0.2, 0.25) is 5.02 Å². The minimum atomic E-state index is -0.347. The molecule has 1 unspecified atom stereocenters. The molecule has 0 amide bonds. The van der Waals surface area contributed by atoms with Gasteiger partial charge in [-0.1, -0.05) is 17.7 Å². The zero-order valence-electron chi connectivity index (χ0n) is 9.81. The maximum Gasteiger partial charge on any atom is 0.141 e. The molecule has 1 saturated heterocycles. The van der Waals surface area contributed by atoms with E-state index in [1.54, 1.807) is 12.1 Å². The molecule has 1 atom stereocenters. The van der Waals surface area contributed by atoms with Crippen molar-refractivity contribution >= 4 is 11.6 Å². The van der Waals surface area contributed by atoms with Gasteiger partial charge in [0.15, 0.2) is 0 Å². The van der Waals surface area contributed by atoms with Crippen molar-refractivity contribution in [1.82, 2.24) is 10.6 Å². The second-order valence-corrected chi connectivity index (χ2v) is 4.97. The van der Waals surface area contributed by atoms with Crippen LogP contribution < -0.4 is 10.6 Å². The maximum atomic E-state index is 12.9. The maximum absolute atomic E-state index is 12.9. The number of hydrogen-bond acceptors (Lipinski definition) is 2. The van der Waals surface area contributed by atoms with E-state index in [-0.39, 0.29) is 10.8 Å². The summed E-state index contributed by atoms with van der Waals surface area (Å²) in [6, 6.07) is 4.92. The van der Waals surface area contributed by atoms with Crippen LogP contribution in [0.3, 0.4) is 0 Å². The zero-order chi connectivity index (χ0) is 12.1. The zero-order valence-corrected chi connectivity index (χ0v) is 10.6. The Hall–Kier alpha value is -0.640. The first-order chi connectivity index (χ1) is 8.25. The first-order valence-corrected chi connectivity index (χ1v) is 6.49. The van der Waals surface area contributed by atoms with Crippen LogP contribution in [-0.4, -0.2) is 26.2 Å². The molecule has 0 saturated carbocycles. The molecule has 2 nitrogen and oxygen atoms in total. The van der Waals surface area contributed by atoms with Crippen LogP contribution in [0.15, 0.2) is 18.2 Å². The van der Waals surface area contributed by atoms with Gasteiger partial charge in [0.1, 0.15) is 5.82 Å². The monoisotopic (exact) mass is 256 g/mol. The molecule has 2 N–H and O–H groups in total. The van der Waals surface area contributed by atoms with E-state index in [9.17, 15) is 4.39 Å². The Balaban J connectivity index is 1.68. The highest BCUT2D eigenvalue weighted by molar-refractivity contribution is 6.30. The Bertz CT molecular complexity index is 364. The van der Waals surface area contributed by atoms with Crippen LogP contribution >= 0.6 is 11.6 Å². The summed E-state index contributed by atoms with van der Waals surface area (Å²) in [7, 11) is 0. The first-order valence-electron chi connectivity index (χ1n) is 6.11. The molecule has 17 heavy (non-hydrogen) atoms. The van der Waals surface area contributed by atoms with Crippen molar-refractivity contribution in [3.63, 3.8) is 0 Å². The normalized spacial score (nSPS) is 19.8. The molecular weight excluding hydrogens is 239 g/mol. The van der Waals surface area contributed by atoms with Crippen LogP contribution in [0.5, 0.6) is 0 Å². The van der Waals surface area contributed by atoms with Crippen LogP contribution in [0.4, 0.5) is 4.39 Å². The Labute approximate surface area is 107 Å². The first kappa shape index (κ1) is 12.8. The third-order valence-corrected chi connectivity index (χ3v) is 3.46. The Kier molecular flexibility index (Phi) is 4.77. The van der Waals surface area contributed by atoms with Crippen LogP contribution in [0.1, 0.15) is 12.0 Å². The van der Waals surface area contributed by atoms with Gasteiger partial charge >= 0.3 is 0 Å². The van der Waals surface area contributed by atoms with Crippen LogP contribution in [-0.2, 0) is 6.42 Å². The fraction of sp³-hybridized carbons (Fsp3) is 0.538. The van der Waals surface area contributed by atoms with E-state index in [0.717, 1.165) is 44.1 Å². The van der Waals surface area contributed by atoms with E-state index in [4.69, 9.17) is 11.6 Å². The van der Waals surface area contributed by atoms with Crippen molar-refractivity contribution in [2.24, 2.45) is 5.92 Å². The van der Waals surface area contributed by atoms with Crippen molar-refractivity contribution in [2.75, 3.05) is 26.2 Å². The Morgan fingerprint density at radius 3 is 3.06 bits per heavy atom. The predicted molar refractivity (Wildman–Crippen MR) is 69.0 cm³/mol. The molecule has 1 heterocycles. The van der Waals surface area contributed by atoms with Gasteiger partial charge in [-0.3, -0.25) is 0 Å². The van der Waals surface area contributed by atoms with Crippen LogP contribution in [0.25, 0.3) is 0 Å². The number of rotatable bonds is 5. The Morgan fingerprint density at radius 2 is 2.35 bits per heavy atom. The van der Waals surface area contributed by atoms with E-state index < -0.39 is 0 Å². The van der Waals surface area contributed by atoms with E-state index in [2.05, 4.69) is 10.6 Å². The van der Waals surface area contributed by atoms with Crippen molar-refractivity contribution in [1.29, 1.82) is 0 Å². The van der Waals surface area contributed by atoms with Crippen molar-refractivity contribution in [2.45, 2.75) is 12.8 Å². The van der Waals surface area contributed by atoms with Crippen molar-refractivity contribution < 1.29 is 4.39 Å². The third-order valence-electron chi connectivity index (χ3n) is 3.17. The van der Waals surface area contributed by atoms with Gasteiger partial charge in [-0.25, -0.2) is 4.39 Å². The highest BCUT2D eigenvalue weighted by Crippen LogP contribution is 2.16. The second kappa shape index (κ2) is 6.34. The molecule has 1 aliphatic heterocycles. The van der Waals surface area contributed by atoms with Crippen molar-refractivity contribution in [3.8, 4) is 0 Å². The predicted octanol–water partition coefficient (Wildman–Crippen LogP) is 2.22. The molecule has 2 rings (SSSR count). The molecule has 94 valence electrons. The summed E-state index contributed by atoms with van der Waals surface area (Å²) in [5.41, 5.74) is 1.08. The lowest BCUT2D eigenvalue weighted by molar-refractivity contribution is 0.515. The molecule has 0 aliphatic carbocycles. The molecule has 1 fully saturated rings. The lowest BCUT2D eigenvalue weighted by Gasteiger charge is -2.10. The van der Waals surface area contributed by atoms with E-state index in [1.165, 1.54) is 12.5 Å². The molecule has 0 spiro atoms. The topological polar surface area (TPSA) is 24.1 Å². The van der Waals surface area contributed by atoms with Gasteiger partial charge < -0.3 is 10.6 Å². The summed E-state index contributed by atoms with van der Waals surface area (Å²) in [4.78, 5) is 0. The van der Waals surface area contributed by atoms with Gasteiger partial charge in [-0.15, -0.1) is 0 Å². The van der Waals surface area contributed by atoms with Gasteiger partial charge in [0.05, 0.1) is 5.02 Å². The summed E-state index contributed by atoms with van der Waals surface area (Å²) < 4.78 is 12.9. The molecule has 0 aromatic heterocycles. The van der Waals surface area contributed by atoms with E-state index in [1.807, 2.05) is 0 Å². The quantitative estimate of drug-likeness (QED) is 0.790. The lowest BCUT2D eigenvalue weighted by Crippen LogP contribution is -2.26. The largest absolute Gasteiger partial charge is 0.316 e. The summed E-state index contributed by atoms with van der Waals surface area (Å²) in [6.45, 7) is 4.23. The number of halogens is 2.